The summed E-state index contributed by atoms with van der Waals surface area (Å²) >= 11 is 12.5. The number of aryl methyl sites for hydroxylation is 2. The first-order valence-electron chi connectivity index (χ1n) is 46.6. The molecule has 4 saturated heterocycles. The molecular weight excluding hydrogens is 1860 g/mol. The van der Waals surface area contributed by atoms with Crippen LogP contribution in [0.5, 0.6) is 0 Å². The second-order valence-corrected chi connectivity index (χ2v) is 35.9. The van der Waals surface area contributed by atoms with Gasteiger partial charge in [-0.3, -0.25) is 49.5 Å². The van der Waals surface area contributed by atoms with Gasteiger partial charge in [0.15, 0.2) is 22.8 Å². The van der Waals surface area contributed by atoms with Crippen molar-refractivity contribution in [3.63, 3.8) is 0 Å². The van der Waals surface area contributed by atoms with Crippen molar-refractivity contribution in [2.24, 2.45) is 0 Å². The molecule has 0 radical (unpaired) electrons. The lowest BCUT2D eigenvalue weighted by atomic mass is 10.0. The van der Waals surface area contributed by atoms with Gasteiger partial charge in [0.05, 0.1) is 17.4 Å². The minimum atomic E-state index is -4.58. The highest BCUT2D eigenvalue weighted by Crippen LogP contribution is 2.35. The van der Waals surface area contributed by atoms with Crippen LogP contribution in [-0.4, -0.2) is 270 Å². The number of likely N-dealkylation sites (N-methyl/N-ethyl adjacent to an activating group) is 1. The number of aromatic nitrogens is 12. The number of carbonyl (C=O) groups excluding carboxylic acids is 5. The molecule has 4 fully saturated rings. The summed E-state index contributed by atoms with van der Waals surface area (Å²) in [6.07, 6.45) is 2.61. The molecule has 27 nitrogen and oxygen atoms in total. The van der Waals surface area contributed by atoms with Crippen molar-refractivity contribution in [3.05, 3.63) is 268 Å². The number of nitrogens with zero attached hydrogens (tertiary/aromatic N) is 16. The molecule has 11 aromatic rings. The zero-order valence-corrected chi connectivity index (χ0v) is 79.3. The molecule has 0 bridgehead atoms. The average molecular weight is 1980 g/mol. The summed E-state index contributed by atoms with van der Waals surface area (Å²) < 4.78 is 154. The number of imidazole rings is 1. The lowest BCUT2D eigenvalue weighted by Gasteiger charge is -2.26. The lowest BCUT2D eigenvalue weighted by Crippen LogP contribution is -2.38. The van der Waals surface area contributed by atoms with Crippen LogP contribution in [-0.2, 0) is 70.3 Å². The van der Waals surface area contributed by atoms with E-state index in [2.05, 4.69) is 121 Å². The number of carbonyl (C=O) groups is 5. The Kier molecular flexibility index (Phi) is 36.2. The van der Waals surface area contributed by atoms with Crippen LogP contribution in [0.25, 0.3) is 23.2 Å². The molecule has 0 saturated carbocycles. The summed E-state index contributed by atoms with van der Waals surface area (Å²) in [6.45, 7) is 25.4. The second-order valence-electron chi connectivity index (χ2n) is 35.0. The van der Waals surface area contributed by atoms with Crippen LogP contribution in [0, 0.1) is 13.8 Å². The van der Waals surface area contributed by atoms with Gasteiger partial charge in [0.25, 0.3) is 29.5 Å². The molecule has 2 aliphatic carbocycles. The summed E-state index contributed by atoms with van der Waals surface area (Å²) in [5.74, 6) is -2.15. The Bertz CT molecular complexity index is 5970. The third-order valence-corrected chi connectivity index (χ3v) is 25.9. The largest absolute Gasteiger partial charge is 0.432 e. The van der Waals surface area contributed by atoms with E-state index in [-0.39, 0.29) is 48.3 Å². The molecule has 5 aromatic carbocycles. The van der Waals surface area contributed by atoms with E-state index in [0.717, 1.165) is 211 Å². The number of rotatable bonds is 32. The normalized spacial score (nSPS) is 15.0. The number of nitrogens with one attached hydrogen (secondary N) is 6. The molecule has 5 amide bonds. The molecule has 6 N–H and O–H groups in total. The van der Waals surface area contributed by atoms with Gasteiger partial charge in [-0.05, 0) is 223 Å². The van der Waals surface area contributed by atoms with Crippen molar-refractivity contribution < 1.29 is 76.7 Å². The first-order valence-corrected chi connectivity index (χ1v) is 47.3. The fourth-order valence-corrected chi connectivity index (χ4v) is 17.9. The van der Waals surface area contributed by atoms with E-state index in [1.165, 1.54) is 37.0 Å². The van der Waals surface area contributed by atoms with Gasteiger partial charge < -0.3 is 54.0 Å². The van der Waals surface area contributed by atoms with E-state index in [0.29, 0.717) is 87.7 Å². The van der Waals surface area contributed by atoms with Crippen molar-refractivity contribution in [1.29, 1.82) is 0 Å². The zero-order valence-electron chi connectivity index (χ0n) is 77.7. The van der Waals surface area contributed by atoms with Crippen LogP contribution in [0.3, 0.4) is 0 Å². The quantitative estimate of drug-likeness (QED) is 0.0214. The summed E-state index contributed by atoms with van der Waals surface area (Å²) in [5.41, 5.74) is 8.31. The topological polar surface area (TPSA) is 290 Å². The van der Waals surface area contributed by atoms with Gasteiger partial charge in [0.2, 0.25) is 0 Å². The van der Waals surface area contributed by atoms with Gasteiger partial charge in [0.1, 0.15) is 28.5 Å². The fourth-order valence-electron chi connectivity index (χ4n) is 17.4. The van der Waals surface area contributed by atoms with Crippen LogP contribution in [0.1, 0.15) is 202 Å². The number of halogens is 14. The number of likely N-dealkylation sites (tertiary alicyclic amines) is 4. The number of hydrogen-bond donors (Lipinski definition) is 6. The Hall–Kier alpha value is -12.0. The maximum Gasteiger partial charge on any atom is 0.432 e. The molecule has 41 heteroatoms. The number of aromatic amines is 6. The van der Waals surface area contributed by atoms with Crippen molar-refractivity contribution >= 4 is 75.9 Å². The second kappa shape index (κ2) is 48.2. The highest BCUT2D eigenvalue weighted by molar-refractivity contribution is 6.31. The number of alkyl halides is 12. The molecule has 0 atom stereocenters. The van der Waals surface area contributed by atoms with Gasteiger partial charge in [-0.1, -0.05) is 140 Å². The molecule has 139 heavy (non-hydrogen) atoms. The molecule has 10 heterocycles. The van der Waals surface area contributed by atoms with Crippen LogP contribution >= 0.6 is 23.2 Å². The van der Waals surface area contributed by atoms with Crippen LogP contribution in [0.4, 0.5) is 52.7 Å². The summed E-state index contributed by atoms with van der Waals surface area (Å²) in [5, 5.41) is 30.1. The Morgan fingerprint density at radius 1 is 0.367 bits per heavy atom. The van der Waals surface area contributed by atoms with E-state index >= 15 is 0 Å². The number of fused-ring (bicyclic) bond motifs is 3. The molecule has 6 aromatic heterocycles. The number of allylic oxidation sites excluding steroid dienone is 2. The standard InChI is InChI=1S/C21H23F3N4O.C21H28N4O.C19H22ClF3N4O.C19H21F3N6O.C18H20ClF3N4O/c22-21(23,24)19-13-18(25-26-19)20(29)28(12-11-27-9-1-2-10-27)14-16-7-3-5-15-6-4-8-17(15)16;1-4-24(5-2)12-13-25(21(26)20-14-16(3)22-23-20)15-18-10-6-8-17-9-7-11-19(17)18;1-13-4-5-14(15(20)10-13)12-27(9-8-26-6-2-3-7-26)18(28)16-11-17(25-24-16)19(21,22)23;20-19(21,22)16-10-15(25-26-16)18(29)28(9-8-27-6-1-2-7-27)11-13-4-3-5-14-17(13)24-12-23-14;19-14-6-2-1-5-13(14)12-26(10-9-25-7-3-4-8-25)17(27)15-11-16(24-23-15)18(20,21)22/h3-5,7-8,13H,1-2,6,9-12,14H2,(H,25,26);6-8,10-11,14H,4-5,9,12-13,15H2,1-3H3,(H,22,23);4-5,10-11H,2-3,6-9,12H2,1H3,(H,24,25);3-5,10,12H,1-2,6-9,11H2,(H,23,24)(H,25,26);1-2,5-6,11H,3-4,7-10,12H2,(H,23,24). The predicted octanol–water partition coefficient (Wildman–Crippen LogP) is 18.0. The van der Waals surface area contributed by atoms with Crippen molar-refractivity contribution in [1.82, 2.24) is 110 Å². The van der Waals surface area contributed by atoms with Gasteiger partial charge in [-0.15, -0.1) is 0 Å². The SMILES string of the molecule is CCN(CC)CCN(Cc1cccc2c1C=CC2)C(=O)c1cc(C)[nH]n1.Cc1ccc(CN(CCN2CCCC2)C(=O)c2cc(C(F)(F)F)[nH]n2)c(Cl)c1.O=C(c1cc(C(F)(F)F)[nH]n1)N(CCN1CCCC1)Cc1cccc2[nH]cnc12.O=C(c1cc(C(F)(F)F)[nH]n1)N(CCN1CCCC1)Cc1cccc2c1C=CC2.O=C(c1cc(C(F)(F)F)[nH]n1)N(CCN1CCCC1)Cc1ccccc1Cl. The third-order valence-electron chi connectivity index (χ3n) is 25.2. The first-order chi connectivity index (χ1) is 66.5. The van der Waals surface area contributed by atoms with Gasteiger partial charge >= 0.3 is 24.7 Å². The highest BCUT2D eigenvalue weighted by atomic mass is 35.5. The monoisotopic (exact) mass is 1980 g/mol. The van der Waals surface area contributed by atoms with E-state index in [1.807, 2.05) is 93.7 Å². The average Bonchev–Trinajstić information content (AvgIpc) is 1.70. The van der Waals surface area contributed by atoms with Crippen molar-refractivity contribution in [2.45, 2.75) is 149 Å². The minimum Gasteiger partial charge on any atom is -0.345 e. The third kappa shape index (κ3) is 29.1. The Balaban J connectivity index is 0.000000147. The molecule has 744 valence electrons. The Labute approximate surface area is 807 Å². The van der Waals surface area contributed by atoms with E-state index in [1.54, 1.807) is 41.6 Å². The predicted molar refractivity (Wildman–Crippen MR) is 504 cm³/mol. The summed E-state index contributed by atoms with van der Waals surface area (Å²) in [7, 11) is 0. The smallest absolute Gasteiger partial charge is 0.345 e. The maximum atomic E-state index is 13.1. The number of H-pyrrole nitrogens is 6. The Morgan fingerprint density at radius 3 is 1.05 bits per heavy atom. The van der Waals surface area contributed by atoms with Crippen molar-refractivity contribution in [2.75, 3.05) is 131 Å². The molecule has 0 unspecified atom stereocenters. The van der Waals surface area contributed by atoms with E-state index in [9.17, 15) is 76.7 Å². The lowest BCUT2D eigenvalue weighted by molar-refractivity contribution is -0.142. The summed E-state index contributed by atoms with van der Waals surface area (Å²) in [4.78, 5) is 91.5. The minimum absolute atomic E-state index is 0.0129. The number of hydrogen-bond acceptors (Lipinski definition) is 16. The molecule has 0 spiro atoms. The van der Waals surface area contributed by atoms with Crippen LogP contribution in [0.15, 0.2) is 146 Å². The van der Waals surface area contributed by atoms with Crippen LogP contribution < -0.4 is 0 Å². The number of benzene rings is 5. The first kappa shape index (κ1) is 104. The van der Waals surface area contributed by atoms with Gasteiger partial charge in [-0.25, -0.2) is 4.98 Å². The highest BCUT2D eigenvalue weighted by Gasteiger charge is 2.40. The molecule has 17 rings (SSSR count). The number of amides is 5. The summed E-state index contributed by atoms with van der Waals surface area (Å²) in [6, 6.07) is 35.5. The maximum absolute atomic E-state index is 13.1. The molecule has 4 aliphatic heterocycles. The van der Waals surface area contributed by atoms with Gasteiger partial charge in [0, 0.05) is 138 Å². The van der Waals surface area contributed by atoms with E-state index in [4.69, 9.17) is 23.2 Å². The van der Waals surface area contributed by atoms with Crippen molar-refractivity contribution in [3.8, 4) is 0 Å². The fraction of sp³-hybridized carbons (Fsp3) is 0.439. The van der Waals surface area contributed by atoms with Gasteiger partial charge in [-0.2, -0.15) is 78.2 Å². The van der Waals surface area contributed by atoms with Crippen LogP contribution in [0.2, 0.25) is 10.0 Å². The number of para-hydroxylation sites is 1. The zero-order chi connectivity index (χ0) is 99.1. The molecular formula is C98H114Cl2F12N22O5. The molecule has 6 aliphatic rings. The van der Waals surface area contributed by atoms with E-state index < -0.39 is 71.1 Å². The Morgan fingerprint density at radius 2 is 0.698 bits per heavy atom.